The number of nitrogens with zero attached hydrogens (tertiary/aromatic N) is 7. The fourth-order valence-electron chi connectivity index (χ4n) is 4.10. The topological polar surface area (TPSA) is 64.7 Å². The molecule has 1 aliphatic carbocycles. The van der Waals surface area contributed by atoms with E-state index in [1.807, 2.05) is 37.2 Å². The number of hydrogen-bond acceptors (Lipinski definition) is 5. The van der Waals surface area contributed by atoms with Crippen molar-refractivity contribution in [2.24, 2.45) is 0 Å². The molecule has 0 bridgehead atoms. The number of piperidine rings is 1. The Balaban J connectivity index is 1.27. The van der Waals surface area contributed by atoms with Gasteiger partial charge in [-0.3, -0.25) is 9.88 Å². The fourth-order valence-corrected chi connectivity index (χ4v) is 4.10. The SMILES string of the molecule is c1cncc(CN2CCC(c3nnc(Cn4ccnc4)n3C3CC3)CC2)c1. The molecule has 4 heterocycles. The molecule has 0 unspecified atom stereocenters. The van der Waals surface area contributed by atoms with E-state index in [9.17, 15) is 0 Å². The molecule has 0 radical (unpaired) electrons. The van der Waals surface area contributed by atoms with Crippen LogP contribution in [0.3, 0.4) is 0 Å². The van der Waals surface area contributed by atoms with Crippen molar-refractivity contribution in [3.63, 3.8) is 0 Å². The van der Waals surface area contributed by atoms with Crippen LogP contribution < -0.4 is 0 Å². The normalized spacial score (nSPS) is 18.8. The maximum absolute atomic E-state index is 4.64. The first-order chi connectivity index (χ1) is 13.4. The zero-order chi connectivity index (χ0) is 18.1. The lowest BCUT2D eigenvalue weighted by atomic mass is 9.95. The van der Waals surface area contributed by atoms with E-state index in [-0.39, 0.29) is 0 Å². The quantitative estimate of drug-likeness (QED) is 0.674. The first-order valence-corrected chi connectivity index (χ1v) is 9.87. The monoisotopic (exact) mass is 363 g/mol. The number of pyridine rings is 1. The molecule has 1 saturated carbocycles. The van der Waals surface area contributed by atoms with E-state index < -0.39 is 0 Å². The van der Waals surface area contributed by atoms with Crippen LogP contribution in [0.1, 0.15) is 54.9 Å². The first-order valence-electron chi connectivity index (χ1n) is 9.87. The van der Waals surface area contributed by atoms with Crippen LogP contribution in [-0.2, 0) is 13.1 Å². The predicted molar refractivity (Wildman–Crippen MR) is 101 cm³/mol. The Morgan fingerprint density at radius 3 is 2.56 bits per heavy atom. The molecule has 0 aromatic carbocycles. The minimum absolute atomic E-state index is 0.514. The van der Waals surface area contributed by atoms with E-state index in [2.05, 4.69) is 40.3 Å². The summed E-state index contributed by atoms with van der Waals surface area (Å²) in [5, 5.41) is 9.20. The first kappa shape index (κ1) is 16.6. The Labute approximate surface area is 159 Å². The molecule has 0 atom stereocenters. The van der Waals surface area contributed by atoms with Gasteiger partial charge in [-0.05, 0) is 50.4 Å². The van der Waals surface area contributed by atoms with Crippen LogP contribution in [-0.4, -0.2) is 47.3 Å². The Morgan fingerprint density at radius 1 is 0.963 bits per heavy atom. The summed E-state index contributed by atoms with van der Waals surface area (Å²) in [6.07, 6.45) is 14.3. The van der Waals surface area contributed by atoms with E-state index in [4.69, 9.17) is 0 Å². The second kappa shape index (κ2) is 7.23. The zero-order valence-electron chi connectivity index (χ0n) is 15.5. The third-order valence-corrected chi connectivity index (χ3v) is 5.67. The van der Waals surface area contributed by atoms with Gasteiger partial charge in [0, 0.05) is 43.3 Å². The number of imidazole rings is 1. The summed E-state index contributed by atoms with van der Waals surface area (Å²) in [5.41, 5.74) is 1.29. The smallest absolute Gasteiger partial charge is 0.153 e. The van der Waals surface area contributed by atoms with Crippen molar-refractivity contribution < 1.29 is 0 Å². The van der Waals surface area contributed by atoms with Gasteiger partial charge in [0.2, 0.25) is 0 Å². The van der Waals surface area contributed by atoms with Gasteiger partial charge < -0.3 is 9.13 Å². The lowest BCUT2D eigenvalue weighted by molar-refractivity contribution is 0.199. The van der Waals surface area contributed by atoms with E-state index in [1.165, 1.54) is 24.2 Å². The van der Waals surface area contributed by atoms with Crippen LogP contribution >= 0.6 is 0 Å². The Hall–Kier alpha value is -2.54. The molecular formula is C20H25N7. The maximum atomic E-state index is 4.64. The summed E-state index contributed by atoms with van der Waals surface area (Å²) in [6, 6.07) is 4.77. The minimum atomic E-state index is 0.514. The molecule has 3 aromatic rings. The lowest BCUT2D eigenvalue weighted by Crippen LogP contribution is -2.33. The van der Waals surface area contributed by atoms with Crippen molar-refractivity contribution in [1.82, 2.24) is 34.2 Å². The van der Waals surface area contributed by atoms with E-state index in [0.29, 0.717) is 12.0 Å². The van der Waals surface area contributed by atoms with Gasteiger partial charge in [0.1, 0.15) is 5.82 Å². The number of likely N-dealkylation sites (tertiary alicyclic amines) is 1. The van der Waals surface area contributed by atoms with Gasteiger partial charge in [-0.25, -0.2) is 4.98 Å². The molecule has 5 rings (SSSR count). The van der Waals surface area contributed by atoms with Crippen molar-refractivity contribution in [3.8, 4) is 0 Å². The summed E-state index contributed by atoms with van der Waals surface area (Å²) in [5.74, 6) is 2.79. The van der Waals surface area contributed by atoms with Crippen LogP contribution in [0.4, 0.5) is 0 Å². The van der Waals surface area contributed by atoms with Crippen molar-refractivity contribution in [1.29, 1.82) is 0 Å². The van der Waals surface area contributed by atoms with E-state index in [1.54, 1.807) is 0 Å². The Bertz CT molecular complexity index is 859. The second-order valence-corrected chi connectivity index (χ2v) is 7.72. The summed E-state index contributed by atoms with van der Waals surface area (Å²) in [4.78, 5) is 10.9. The Kier molecular flexibility index (Phi) is 4.45. The van der Waals surface area contributed by atoms with Crippen LogP contribution in [0, 0.1) is 0 Å². The molecule has 2 fully saturated rings. The van der Waals surface area contributed by atoms with Crippen LogP contribution in [0.2, 0.25) is 0 Å². The van der Waals surface area contributed by atoms with Gasteiger partial charge in [-0.2, -0.15) is 0 Å². The highest BCUT2D eigenvalue weighted by atomic mass is 15.3. The van der Waals surface area contributed by atoms with Gasteiger partial charge >= 0.3 is 0 Å². The van der Waals surface area contributed by atoms with Crippen molar-refractivity contribution in [2.75, 3.05) is 13.1 Å². The molecule has 7 nitrogen and oxygen atoms in total. The highest BCUT2D eigenvalue weighted by Crippen LogP contribution is 2.40. The largest absolute Gasteiger partial charge is 0.330 e. The van der Waals surface area contributed by atoms with Gasteiger partial charge in [0.25, 0.3) is 0 Å². The second-order valence-electron chi connectivity index (χ2n) is 7.72. The van der Waals surface area contributed by atoms with Crippen molar-refractivity contribution >= 4 is 0 Å². The lowest BCUT2D eigenvalue weighted by Gasteiger charge is -2.31. The third-order valence-electron chi connectivity index (χ3n) is 5.67. The molecule has 27 heavy (non-hydrogen) atoms. The van der Waals surface area contributed by atoms with Crippen molar-refractivity contribution in [3.05, 3.63) is 60.5 Å². The summed E-state index contributed by atoms with van der Waals surface area (Å²) < 4.78 is 4.50. The molecule has 3 aromatic heterocycles. The number of aromatic nitrogens is 6. The summed E-state index contributed by atoms with van der Waals surface area (Å²) in [6.45, 7) is 3.95. The van der Waals surface area contributed by atoms with E-state index in [0.717, 1.165) is 44.8 Å². The predicted octanol–water partition coefficient (Wildman–Crippen LogP) is 2.63. The average Bonchev–Trinajstić information content (AvgIpc) is 3.25. The third kappa shape index (κ3) is 3.64. The standard InChI is InChI=1S/C20H25N7/c1-2-16(12-21-7-1)13-25-9-5-17(6-10-25)20-24-23-19(27(20)18-3-4-18)14-26-11-8-22-15-26/h1-2,7-8,11-12,15,17-18H,3-6,9-10,13-14H2. The molecule has 1 saturated heterocycles. The molecule has 0 amide bonds. The van der Waals surface area contributed by atoms with Gasteiger partial charge in [0.05, 0.1) is 12.9 Å². The van der Waals surface area contributed by atoms with E-state index >= 15 is 0 Å². The highest BCUT2D eigenvalue weighted by molar-refractivity contribution is 5.11. The van der Waals surface area contributed by atoms with Crippen LogP contribution in [0.25, 0.3) is 0 Å². The fraction of sp³-hybridized carbons (Fsp3) is 0.500. The van der Waals surface area contributed by atoms with Gasteiger partial charge in [-0.1, -0.05) is 6.07 Å². The molecular weight excluding hydrogens is 338 g/mol. The molecule has 0 spiro atoms. The van der Waals surface area contributed by atoms with Gasteiger partial charge in [-0.15, -0.1) is 10.2 Å². The maximum Gasteiger partial charge on any atom is 0.153 e. The molecule has 2 aliphatic rings. The minimum Gasteiger partial charge on any atom is -0.330 e. The number of hydrogen-bond donors (Lipinski definition) is 0. The highest BCUT2D eigenvalue weighted by Gasteiger charge is 2.33. The molecule has 0 N–H and O–H groups in total. The average molecular weight is 363 g/mol. The summed E-state index contributed by atoms with van der Waals surface area (Å²) in [7, 11) is 0. The molecule has 7 heteroatoms. The van der Waals surface area contributed by atoms with Crippen LogP contribution in [0.5, 0.6) is 0 Å². The van der Waals surface area contributed by atoms with Crippen LogP contribution in [0.15, 0.2) is 43.2 Å². The summed E-state index contributed by atoms with van der Waals surface area (Å²) >= 11 is 0. The van der Waals surface area contributed by atoms with Gasteiger partial charge in [0.15, 0.2) is 5.82 Å². The zero-order valence-corrected chi connectivity index (χ0v) is 15.5. The number of rotatable bonds is 6. The molecule has 1 aliphatic heterocycles. The Morgan fingerprint density at radius 2 is 1.85 bits per heavy atom. The van der Waals surface area contributed by atoms with Crippen molar-refractivity contribution in [2.45, 2.75) is 50.7 Å². The molecule has 140 valence electrons.